The molecule has 1 spiro atoms. The van der Waals surface area contributed by atoms with Gasteiger partial charge in [0.15, 0.2) is 5.78 Å². The zero-order valence-corrected chi connectivity index (χ0v) is 17.2. The molecule has 1 aromatic carbocycles. The molecule has 0 bridgehead atoms. The highest BCUT2D eigenvalue weighted by molar-refractivity contribution is 5.99. The Kier molecular flexibility index (Phi) is 5.54. The molecule has 31 heavy (non-hydrogen) atoms. The molecule has 0 aromatic heterocycles. The number of hydrogen-bond donors (Lipinski definition) is 1. The number of allylic oxidation sites excluding steroid dienone is 1. The Morgan fingerprint density at radius 1 is 1.35 bits per heavy atom. The van der Waals surface area contributed by atoms with E-state index in [-0.39, 0.29) is 36.1 Å². The molecule has 3 fully saturated rings. The van der Waals surface area contributed by atoms with E-state index in [0.29, 0.717) is 24.5 Å². The molecule has 2 atom stereocenters. The van der Waals surface area contributed by atoms with Crippen molar-refractivity contribution in [2.24, 2.45) is 11.3 Å². The topological polar surface area (TPSA) is 96.0 Å². The van der Waals surface area contributed by atoms with E-state index in [0.717, 1.165) is 25.3 Å². The van der Waals surface area contributed by atoms with E-state index in [9.17, 15) is 23.6 Å². The summed E-state index contributed by atoms with van der Waals surface area (Å²) in [5.41, 5.74) is 0.787. The number of cyclic esters (lactones) is 1. The number of hydrogen-bond acceptors (Lipinski definition) is 6. The molecule has 1 aliphatic carbocycles. The third-order valence-electron chi connectivity index (χ3n) is 6.53. The van der Waals surface area contributed by atoms with Crippen LogP contribution in [0.2, 0.25) is 0 Å². The van der Waals surface area contributed by atoms with Crippen LogP contribution in [0.4, 0.5) is 20.6 Å². The summed E-state index contributed by atoms with van der Waals surface area (Å²) in [6.45, 7) is 3.06. The van der Waals surface area contributed by atoms with Crippen LogP contribution in [-0.4, -0.2) is 56.0 Å². The van der Waals surface area contributed by atoms with Crippen molar-refractivity contribution in [3.63, 3.8) is 0 Å². The molecule has 0 radical (unpaired) electrons. The van der Waals surface area contributed by atoms with Gasteiger partial charge in [-0.3, -0.25) is 14.5 Å². The van der Waals surface area contributed by atoms with E-state index in [1.54, 1.807) is 18.1 Å². The summed E-state index contributed by atoms with van der Waals surface area (Å²) in [5.74, 6) is 0.640. The first-order valence-electron chi connectivity index (χ1n) is 10.3. The Balaban J connectivity index is 1.38. The van der Waals surface area contributed by atoms with E-state index in [1.165, 1.54) is 17.9 Å². The fourth-order valence-corrected chi connectivity index (χ4v) is 4.67. The highest BCUT2D eigenvalue weighted by Crippen LogP contribution is 2.60. The maximum atomic E-state index is 14.9. The summed E-state index contributed by atoms with van der Waals surface area (Å²) in [7, 11) is 0. The molecule has 2 saturated heterocycles. The third kappa shape index (κ3) is 4.18. The predicted molar refractivity (Wildman–Crippen MR) is 110 cm³/mol. The van der Waals surface area contributed by atoms with Crippen molar-refractivity contribution < 1.29 is 28.3 Å². The van der Waals surface area contributed by atoms with E-state index in [2.05, 4.69) is 5.32 Å². The number of ether oxygens (including phenoxy) is 1. The summed E-state index contributed by atoms with van der Waals surface area (Å²) < 4.78 is 20.1. The van der Waals surface area contributed by atoms with Crippen LogP contribution in [0.25, 0.3) is 0 Å². The van der Waals surface area contributed by atoms with E-state index in [1.807, 2.05) is 4.90 Å². The van der Waals surface area contributed by atoms with Crippen LogP contribution >= 0.6 is 0 Å². The number of ketones is 1. The Morgan fingerprint density at radius 2 is 2.10 bits per heavy atom. The number of piperidine rings is 1. The number of carbonyl (C=O) groups is 3. The Labute approximate surface area is 179 Å². The first-order valence-corrected chi connectivity index (χ1v) is 10.3. The van der Waals surface area contributed by atoms with Gasteiger partial charge in [-0.15, -0.1) is 0 Å². The van der Waals surface area contributed by atoms with Crippen molar-refractivity contribution in [1.29, 1.82) is 0 Å². The normalized spacial score (nSPS) is 23.9. The number of nitrogens with one attached hydrogen (secondary N) is 1. The molecule has 1 N–H and O–H groups in total. The standard InChI is InChI=1S/C22H24FN3O5/c1-14(28)24-12-16-13-26(21(30)31-16)15-2-3-19(18(23)10-15)25-7-5-22(6-8-25)11-17(22)20(29)4-9-27/h2-4,10,16-17H,5-8,11-13H2,1H3,(H,24,28)/t16-,17?/m0/s1. The van der Waals surface area contributed by atoms with E-state index >= 15 is 0 Å². The van der Waals surface area contributed by atoms with Crippen molar-refractivity contribution in [3.05, 3.63) is 30.1 Å². The van der Waals surface area contributed by atoms with Crippen LogP contribution in [0, 0.1) is 17.2 Å². The molecule has 8 nitrogen and oxygen atoms in total. The molecule has 1 aromatic rings. The van der Waals surface area contributed by atoms with Crippen LogP contribution in [0.1, 0.15) is 26.2 Å². The molecular weight excluding hydrogens is 405 g/mol. The lowest BCUT2D eigenvalue weighted by molar-refractivity contribution is -0.119. The lowest BCUT2D eigenvalue weighted by atomic mass is 9.89. The van der Waals surface area contributed by atoms with Gasteiger partial charge in [-0.2, -0.15) is 0 Å². The smallest absolute Gasteiger partial charge is 0.414 e. The Hall–Kier alpha value is -3.19. The number of benzene rings is 1. The number of rotatable bonds is 6. The molecule has 2 amide bonds. The average molecular weight is 429 g/mol. The Morgan fingerprint density at radius 3 is 2.74 bits per heavy atom. The van der Waals surface area contributed by atoms with Gasteiger partial charge in [0, 0.05) is 25.9 Å². The average Bonchev–Trinajstić information content (AvgIpc) is 3.30. The molecule has 2 heterocycles. The second-order valence-corrected chi connectivity index (χ2v) is 8.46. The predicted octanol–water partition coefficient (Wildman–Crippen LogP) is 1.85. The summed E-state index contributed by atoms with van der Waals surface area (Å²) in [5, 5.41) is 2.61. The second kappa shape index (κ2) is 8.15. The summed E-state index contributed by atoms with van der Waals surface area (Å²) >= 11 is 0. The lowest BCUT2D eigenvalue weighted by Crippen LogP contribution is -2.36. The zero-order chi connectivity index (χ0) is 22.2. The maximum absolute atomic E-state index is 14.9. The number of halogens is 1. The molecule has 164 valence electrons. The van der Waals surface area contributed by atoms with Crippen molar-refractivity contribution in [2.45, 2.75) is 32.3 Å². The van der Waals surface area contributed by atoms with Crippen molar-refractivity contribution >= 4 is 35.1 Å². The molecular formula is C22H24FN3O5. The van der Waals surface area contributed by atoms with Crippen molar-refractivity contribution in [2.75, 3.05) is 36.0 Å². The third-order valence-corrected chi connectivity index (χ3v) is 6.53. The number of nitrogens with zero attached hydrogens (tertiary/aromatic N) is 2. The first kappa shape index (κ1) is 21.1. The highest BCUT2D eigenvalue weighted by Gasteiger charge is 2.57. The molecule has 1 unspecified atom stereocenters. The van der Waals surface area contributed by atoms with Crippen molar-refractivity contribution in [3.8, 4) is 0 Å². The SMILES string of the molecule is CC(=O)NC[C@H]1CN(c2ccc(N3CCC4(CC3)CC4C(=O)C=C=O)c(F)c2)C(=O)O1. The minimum Gasteiger partial charge on any atom is -0.442 e. The van der Waals surface area contributed by atoms with E-state index < -0.39 is 18.0 Å². The quantitative estimate of drug-likeness (QED) is 0.548. The Bertz CT molecular complexity index is 966. The fraction of sp³-hybridized carbons (Fsp3) is 0.500. The minimum absolute atomic E-state index is 0.0699. The lowest BCUT2D eigenvalue weighted by Gasteiger charge is -2.34. The van der Waals surface area contributed by atoms with Gasteiger partial charge in [0.05, 0.1) is 30.5 Å². The molecule has 1 saturated carbocycles. The van der Waals surface area contributed by atoms with Crippen molar-refractivity contribution in [1.82, 2.24) is 5.32 Å². The van der Waals surface area contributed by atoms with Gasteiger partial charge in [-0.25, -0.2) is 14.0 Å². The van der Waals surface area contributed by atoms with Gasteiger partial charge >= 0.3 is 6.09 Å². The van der Waals surface area contributed by atoms with Gasteiger partial charge in [0.1, 0.15) is 17.9 Å². The summed E-state index contributed by atoms with van der Waals surface area (Å²) in [6, 6.07) is 4.66. The number of amides is 2. The maximum Gasteiger partial charge on any atom is 0.414 e. The van der Waals surface area contributed by atoms with Crippen LogP contribution in [-0.2, 0) is 19.1 Å². The highest BCUT2D eigenvalue weighted by atomic mass is 19.1. The van der Waals surface area contributed by atoms with Gasteiger partial charge in [0.25, 0.3) is 0 Å². The minimum atomic E-state index is -0.573. The number of carbonyl (C=O) groups excluding carboxylic acids is 4. The zero-order valence-electron chi connectivity index (χ0n) is 17.2. The van der Waals surface area contributed by atoms with Gasteiger partial charge in [-0.1, -0.05) is 0 Å². The molecule has 3 aliphatic rings. The summed E-state index contributed by atoms with van der Waals surface area (Å²) in [4.78, 5) is 48.8. The van der Waals surface area contributed by atoms with Gasteiger partial charge < -0.3 is 15.0 Å². The van der Waals surface area contributed by atoms with Gasteiger partial charge in [0.2, 0.25) is 5.91 Å². The monoisotopic (exact) mass is 429 g/mol. The van der Waals surface area contributed by atoms with E-state index in [4.69, 9.17) is 4.74 Å². The largest absolute Gasteiger partial charge is 0.442 e. The van der Waals surface area contributed by atoms with Gasteiger partial charge in [-0.05, 0) is 42.9 Å². The summed E-state index contributed by atoms with van der Waals surface area (Å²) in [6.07, 6.45) is 2.22. The molecule has 4 rings (SSSR count). The van der Waals surface area contributed by atoms with Crippen LogP contribution < -0.4 is 15.1 Å². The molecule has 2 aliphatic heterocycles. The number of anilines is 2. The second-order valence-electron chi connectivity index (χ2n) is 8.46. The first-order chi connectivity index (χ1) is 14.8. The van der Waals surface area contributed by atoms with Crippen LogP contribution in [0.15, 0.2) is 24.3 Å². The van der Waals surface area contributed by atoms with Crippen LogP contribution in [0.3, 0.4) is 0 Å². The fourth-order valence-electron chi connectivity index (χ4n) is 4.67. The van der Waals surface area contributed by atoms with Crippen LogP contribution in [0.5, 0.6) is 0 Å². The molecule has 9 heteroatoms.